The van der Waals surface area contributed by atoms with Crippen LogP contribution in [0.1, 0.15) is 12.5 Å². The van der Waals surface area contributed by atoms with E-state index in [0.29, 0.717) is 6.61 Å². The first-order valence-electron chi connectivity index (χ1n) is 6.43. The van der Waals surface area contributed by atoms with Gasteiger partial charge in [0.05, 0.1) is 13.7 Å². The highest BCUT2D eigenvalue weighted by Crippen LogP contribution is 2.34. The summed E-state index contributed by atoms with van der Waals surface area (Å²) in [6.07, 6.45) is 0. The van der Waals surface area contributed by atoms with Crippen molar-refractivity contribution in [3.63, 3.8) is 0 Å². The number of rotatable bonds is 8. The molecule has 19 heavy (non-hydrogen) atoms. The zero-order valence-electron chi connectivity index (χ0n) is 12.1. The summed E-state index contributed by atoms with van der Waals surface area (Å²) in [7, 11) is 5.79. The van der Waals surface area contributed by atoms with E-state index in [1.54, 1.807) is 7.11 Å². The Morgan fingerprint density at radius 1 is 1.32 bits per heavy atom. The number of hydrogen-bond donors (Lipinski definition) is 1. The van der Waals surface area contributed by atoms with Crippen LogP contribution in [0.15, 0.2) is 16.6 Å². The van der Waals surface area contributed by atoms with Gasteiger partial charge in [0, 0.05) is 29.7 Å². The lowest BCUT2D eigenvalue weighted by Crippen LogP contribution is -2.26. The summed E-state index contributed by atoms with van der Waals surface area (Å²) in [5.41, 5.74) is 1.10. The standard InChI is InChI=1S/C14H23BrN2O2/c1-5-19-14-11(10-16-6-7-17(2)3)8-12(15)9-13(14)18-4/h8-9,16H,5-7,10H2,1-4H3. The Labute approximate surface area is 124 Å². The van der Waals surface area contributed by atoms with Crippen LogP contribution in [0.2, 0.25) is 0 Å². The van der Waals surface area contributed by atoms with Gasteiger partial charge in [0.25, 0.3) is 0 Å². The second-order valence-corrected chi connectivity index (χ2v) is 5.43. The van der Waals surface area contributed by atoms with Gasteiger partial charge in [0.15, 0.2) is 11.5 Å². The lowest BCUT2D eigenvalue weighted by atomic mass is 10.2. The summed E-state index contributed by atoms with van der Waals surface area (Å²) in [6.45, 7) is 5.31. The summed E-state index contributed by atoms with van der Waals surface area (Å²) in [6, 6.07) is 3.99. The highest BCUT2D eigenvalue weighted by molar-refractivity contribution is 9.10. The van der Waals surface area contributed by atoms with E-state index in [9.17, 15) is 0 Å². The van der Waals surface area contributed by atoms with Gasteiger partial charge in [-0.25, -0.2) is 0 Å². The molecule has 0 bridgehead atoms. The number of nitrogens with zero attached hydrogens (tertiary/aromatic N) is 1. The minimum absolute atomic E-state index is 0.628. The van der Waals surface area contributed by atoms with E-state index in [0.717, 1.165) is 41.2 Å². The summed E-state index contributed by atoms with van der Waals surface area (Å²) in [5, 5.41) is 3.41. The van der Waals surface area contributed by atoms with Gasteiger partial charge in [-0.05, 0) is 33.2 Å². The van der Waals surface area contributed by atoms with E-state index in [4.69, 9.17) is 9.47 Å². The maximum Gasteiger partial charge on any atom is 0.165 e. The third kappa shape index (κ3) is 5.38. The van der Waals surface area contributed by atoms with Gasteiger partial charge >= 0.3 is 0 Å². The molecular weight excluding hydrogens is 308 g/mol. The van der Waals surface area contributed by atoms with Crippen molar-refractivity contribution in [1.29, 1.82) is 0 Å². The van der Waals surface area contributed by atoms with Gasteiger partial charge in [-0.1, -0.05) is 15.9 Å². The van der Waals surface area contributed by atoms with Gasteiger partial charge in [0.2, 0.25) is 0 Å². The Bertz CT molecular complexity index is 397. The van der Waals surface area contributed by atoms with Crippen LogP contribution in [0.4, 0.5) is 0 Å². The Kier molecular flexibility index (Phi) is 7.20. The van der Waals surface area contributed by atoms with Crippen molar-refractivity contribution in [2.45, 2.75) is 13.5 Å². The lowest BCUT2D eigenvalue weighted by molar-refractivity contribution is 0.306. The van der Waals surface area contributed by atoms with E-state index >= 15 is 0 Å². The smallest absolute Gasteiger partial charge is 0.165 e. The number of benzene rings is 1. The van der Waals surface area contributed by atoms with Crippen LogP contribution >= 0.6 is 15.9 Å². The van der Waals surface area contributed by atoms with Gasteiger partial charge in [-0.2, -0.15) is 0 Å². The van der Waals surface area contributed by atoms with Crippen LogP contribution in [0, 0.1) is 0 Å². The average molecular weight is 331 g/mol. The molecule has 0 saturated heterocycles. The van der Waals surface area contributed by atoms with Gasteiger partial charge < -0.3 is 19.7 Å². The maximum absolute atomic E-state index is 5.70. The first kappa shape index (κ1) is 16.3. The van der Waals surface area contributed by atoms with Crippen LogP contribution < -0.4 is 14.8 Å². The summed E-state index contributed by atoms with van der Waals surface area (Å²) < 4.78 is 12.1. The Morgan fingerprint density at radius 3 is 2.63 bits per heavy atom. The van der Waals surface area contributed by atoms with Crippen LogP contribution in [0.25, 0.3) is 0 Å². The third-order valence-electron chi connectivity index (χ3n) is 2.66. The fourth-order valence-corrected chi connectivity index (χ4v) is 2.22. The quantitative estimate of drug-likeness (QED) is 0.742. The molecule has 0 aliphatic rings. The minimum atomic E-state index is 0.628. The predicted octanol–water partition coefficient (Wildman–Crippen LogP) is 2.51. The largest absolute Gasteiger partial charge is 0.493 e. The molecule has 1 rings (SSSR count). The fraction of sp³-hybridized carbons (Fsp3) is 0.571. The topological polar surface area (TPSA) is 33.7 Å². The first-order valence-corrected chi connectivity index (χ1v) is 7.22. The highest BCUT2D eigenvalue weighted by Gasteiger charge is 2.12. The predicted molar refractivity (Wildman–Crippen MR) is 82.1 cm³/mol. The zero-order valence-corrected chi connectivity index (χ0v) is 13.7. The molecule has 108 valence electrons. The van der Waals surface area contributed by atoms with Crippen LogP contribution in [0.5, 0.6) is 11.5 Å². The van der Waals surface area contributed by atoms with E-state index in [1.807, 2.05) is 13.0 Å². The van der Waals surface area contributed by atoms with Crippen molar-refractivity contribution < 1.29 is 9.47 Å². The SMILES string of the molecule is CCOc1c(CNCCN(C)C)cc(Br)cc1OC. The van der Waals surface area contributed by atoms with Crippen molar-refractivity contribution in [2.75, 3.05) is 40.9 Å². The molecule has 4 nitrogen and oxygen atoms in total. The van der Waals surface area contributed by atoms with E-state index in [-0.39, 0.29) is 0 Å². The van der Waals surface area contributed by atoms with Crippen LogP contribution in [0.3, 0.4) is 0 Å². The molecule has 0 spiro atoms. The Hall–Kier alpha value is -0.780. The van der Waals surface area contributed by atoms with Crippen molar-refractivity contribution in [2.24, 2.45) is 0 Å². The molecule has 1 aromatic rings. The third-order valence-corrected chi connectivity index (χ3v) is 3.11. The van der Waals surface area contributed by atoms with Crippen molar-refractivity contribution in [1.82, 2.24) is 10.2 Å². The van der Waals surface area contributed by atoms with Gasteiger partial charge in [-0.3, -0.25) is 0 Å². The number of nitrogens with one attached hydrogen (secondary N) is 1. The van der Waals surface area contributed by atoms with Crippen molar-refractivity contribution >= 4 is 15.9 Å². The second-order valence-electron chi connectivity index (χ2n) is 4.51. The average Bonchev–Trinajstić information content (AvgIpc) is 2.36. The molecule has 0 amide bonds. The van der Waals surface area contributed by atoms with Gasteiger partial charge in [0.1, 0.15) is 0 Å². The van der Waals surface area contributed by atoms with Crippen LogP contribution in [-0.2, 0) is 6.54 Å². The lowest BCUT2D eigenvalue weighted by Gasteiger charge is -2.16. The minimum Gasteiger partial charge on any atom is -0.493 e. The molecule has 5 heteroatoms. The number of methoxy groups -OCH3 is 1. The number of halogens is 1. The first-order chi connectivity index (χ1) is 9.08. The van der Waals surface area contributed by atoms with Crippen molar-refractivity contribution in [3.8, 4) is 11.5 Å². The molecular formula is C14H23BrN2O2. The molecule has 0 saturated carbocycles. The zero-order chi connectivity index (χ0) is 14.3. The van der Waals surface area contributed by atoms with E-state index in [2.05, 4.69) is 46.3 Å². The number of likely N-dealkylation sites (N-methyl/N-ethyl adjacent to an activating group) is 1. The Morgan fingerprint density at radius 2 is 2.05 bits per heavy atom. The molecule has 0 aliphatic carbocycles. The normalized spacial score (nSPS) is 10.8. The fourth-order valence-electron chi connectivity index (χ4n) is 1.74. The molecule has 1 N–H and O–H groups in total. The summed E-state index contributed by atoms with van der Waals surface area (Å²) in [5.74, 6) is 1.59. The molecule has 0 heterocycles. The summed E-state index contributed by atoms with van der Waals surface area (Å²) in [4.78, 5) is 2.15. The molecule has 0 aliphatic heterocycles. The number of ether oxygens (including phenoxy) is 2. The van der Waals surface area contributed by atoms with E-state index in [1.165, 1.54) is 0 Å². The van der Waals surface area contributed by atoms with Crippen LogP contribution in [-0.4, -0.2) is 45.8 Å². The Balaban J connectivity index is 2.76. The highest BCUT2D eigenvalue weighted by atomic mass is 79.9. The molecule has 0 atom stereocenters. The molecule has 0 unspecified atom stereocenters. The molecule has 1 aromatic carbocycles. The summed E-state index contributed by atoms with van der Waals surface area (Å²) >= 11 is 3.50. The van der Waals surface area contributed by atoms with Crippen molar-refractivity contribution in [3.05, 3.63) is 22.2 Å². The maximum atomic E-state index is 5.70. The molecule has 0 radical (unpaired) electrons. The molecule has 0 aromatic heterocycles. The monoisotopic (exact) mass is 330 g/mol. The molecule has 0 fully saturated rings. The second kappa shape index (κ2) is 8.40. The number of hydrogen-bond acceptors (Lipinski definition) is 4. The van der Waals surface area contributed by atoms with Gasteiger partial charge in [-0.15, -0.1) is 0 Å². The van der Waals surface area contributed by atoms with E-state index < -0.39 is 0 Å².